The van der Waals surface area contributed by atoms with Crippen LogP contribution in [0, 0.1) is 11.8 Å². The van der Waals surface area contributed by atoms with Gasteiger partial charge in [0.05, 0.1) is 18.1 Å². The second-order valence-electron chi connectivity index (χ2n) is 5.76. The molecule has 5 atom stereocenters. The van der Waals surface area contributed by atoms with E-state index in [1.165, 1.54) is 0 Å². The zero-order valence-electron chi connectivity index (χ0n) is 11.5. The predicted molar refractivity (Wildman–Crippen MR) is 71.3 cm³/mol. The fourth-order valence-corrected chi connectivity index (χ4v) is 2.93. The van der Waals surface area contributed by atoms with Crippen LogP contribution >= 0.6 is 0 Å². The Kier molecular flexibility index (Phi) is 4.11. The van der Waals surface area contributed by atoms with Crippen molar-refractivity contribution in [2.24, 2.45) is 11.8 Å². The molecule has 1 aliphatic heterocycles. The topological polar surface area (TPSA) is 66.8 Å². The van der Waals surface area contributed by atoms with E-state index in [-0.39, 0.29) is 23.9 Å². The van der Waals surface area contributed by atoms with Gasteiger partial charge in [0.15, 0.2) is 0 Å². The Morgan fingerprint density at radius 1 is 1.42 bits per heavy atom. The lowest BCUT2D eigenvalue weighted by Gasteiger charge is -2.27. The highest BCUT2D eigenvalue weighted by atomic mass is 16.6. The van der Waals surface area contributed by atoms with Crippen molar-refractivity contribution in [2.75, 3.05) is 0 Å². The molecule has 2 rings (SSSR count). The van der Waals surface area contributed by atoms with E-state index < -0.39 is 12.2 Å². The summed E-state index contributed by atoms with van der Waals surface area (Å²) < 4.78 is 5.34. The zero-order chi connectivity index (χ0) is 14.2. The average Bonchev–Trinajstić information content (AvgIpc) is 2.60. The molecule has 0 aromatic carbocycles. The summed E-state index contributed by atoms with van der Waals surface area (Å²) in [5, 5.41) is 20.3. The molecule has 0 aromatic heterocycles. The summed E-state index contributed by atoms with van der Waals surface area (Å²) in [6.45, 7) is 7.59. The van der Waals surface area contributed by atoms with E-state index in [2.05, 4.69) is 6.58 Å². The van der Waals surface area contributed by atoms with Gasteiger partial charge in [-0.25, -0.2) is 0 Å². The van der Waals surface area contributed by atoms with Crippen molar-refractivity contribution >= 4 is 5.97 Å². The molecular weight excluding hydrogens is 244 g/mol. The van der Waals surface area contributed by atoms with Crippen LogP contribution in [-0.4, -0.2) is 34.5 Å². The Morgan fingerprint density at radius 2 is 2.11 bits per heavy atom. The predicted octanol–water partition coefficient (Wildman–Crippen LogP) is 1.57. The highest BCUT2D eigenvalue weighted by molar-refractivity contribution is 5.75. The summed E-state index contributed by atoms with van der Waals surface area (Å²) in [6.07, 6.45) is 1.89. The molecular formula is C15H22O4. The largest absolute Gasteiger partial charge is 0.457 e. The summed E-state index contributed by atoms with van der Waals surface area (Å²) in [5.41, 5.74) is 1.70. The summed E-state index contributed by atoms with van der Waals surface area (Å²) in [7, 11) is 0. The van der Waals surface area contributed by atoms with Crippen LogP contribution in [0.25, 0.3) is 0 Å². The van der Waals surface area contributed by atoms with Gasteiger partial charge in [0, 0.05) is 5.92 Å². The smallest absolute Gasteiger partial charge is 0.309 e. The van der Waals surface area contributed by atoms with Gasteiger partial charge in [-0.1, -0.05) is 19.1 Å². The number of rotatable bonds is 0. The Labute approximate surface area is 113 Å². The molecule has 0 spiro atoms. The van der Waals surface area contributed by atoms with Crippen molar-refractivity contribution in [3.05, 3.63) is 23.8 Å². The Morgan fingerprint density at radius 3 is 2.79 bits per heavy atom. The summed E-state index contributed by atoms with van der Waals surface area (Å²) in [6, 6.07) is 0. The molecule has 1 fully saturated rings. The van der Waals surface area contributed by atoms with Crippen molar-refractivity contribution in [2.45, 2.75) is 51.4 Å². The number of ether oxygens (including phenoxy) is 1. The lowest BCUT2D eigenvalue weighted by Crippen LogP contribution is -2.33. The van der Waals surface area contributed by atoms with E-state index in [0.717, 1.165) is 12.0 Å². The molecule has 2 aliphatic rings. The molecule has 0 saturated carbocycles. The number of allylic oxidation sites excluding steroid dienone is 1. The zero-order valence-corrected chi connectivity index (χ0v) is 11.5. The molecule has 4 heteroatoms. The van der Waals surface area contributed by atoms with Crippen LogP contribution in [0.15, 0.2) is 23.8 Å². The molecule has 0 bridgehead atoms. The van der Waals surface area contributed by atoms with Crippen LogP contribution in [0.2, 0.25) is 0 Å². The molecule has 1 aliphatic carbocycles. The van der Waals surface area contributed by atoms with Crippen molar-refractivity contribution in [1.29, 1.82) is 0 Å². The van der Waals surface area contributed by atoms with Crippen LogP contribution in [0.1, 0.15) is 33.1 Å². The van der Waals surface area contributed by atoms with Gasteiger partial charge in [-0.2, -0.15) is 0 Å². The summed E-state index contributed by atoms with van der Waals surface area (Å²) in [4.78, 5) is 11.7. The van der Waals surface area contributed by atoms with Crippen molar-refractivity contribution in [3.8, 4) is 0 Å². The van der Waals surface area contributed by atoms with Crippen LogP contribution in [-0.2, 0) is 9.53 Å². The first-order valence-corrected chi connectivity index (χ1v) is 6.81. The molecule has 19 heavy (non-hydrogen) atoms. The lowest BCUT2D eigenvalue weighted by molar-refractivity contribution is -0.142. The number of esters is 1. The Hall–Kier alpha value is -1.13. The quantitative estimate of drug-likeness (QED) is 0.516. The Balaban J connectivity index is 2.30. The third kappa shape index (κ3) is 2.90. The first kappa shape index (κ1) is 14.3. The SMILES string of the molecule is C=C1C[C@@H](O)[C@H]2[C@H](C=C(C)CC[C@@H]1O)OC(=O)[C@@H]2C. The molecule has 1 saturated heterocycles. The van der Waals surface area contributed by atoms with Gasteiger partial charge in [-0.15, -0.1) is 0 Å². The van der Waals surface area contributed by atoms with Gasteiger partial charge < -0.3 is 14.9 Å². The fraction of sp³-hybridized carbons (Fsp3) is 0.667. The number of hydrogen-bond acceptors (Lipinski definition) is 4. The van der Waals surface area contributed by atoms with E-state index in [1.807, 2.05) is 13.0 Å². The van der Waals surface area contributed by atoms with Crippen LogP contribution in [0.5, 0.6) is 0 Å². The van der Waals surface area contributed by atoms with E-state index >= 15 is 0 Å². The van der Waals surface area contributed by atoms with E-state index in [1.54, 1.807) is 6.92 Å². The van der Waals surface area contributed by atoms with Gasteiger partial charge in [0.25, 0.3) is 0 Å². The maximum Gasteiger partial charge on any atom is 0.309 e. The number of fused-ring (bicyclic) bond motifs is 1. The highest BCUT2D eigenvalue weighted by Gasteiger charge is 2.45. The van der Waals surface area contributed by atoms with Gasteiger partial charge in [-0.3, -0.25) is 4.79 Å². The molecule has 106 valence electrons. The normalized spacial score (nSPS) is 40.4. The summed E-state index contributed by atoms with van der Waals surface area (Å²) in [5.74, 6) is -0.846. The summed E-state index contributed by atoms with van der Waals surface area (Å²) >= 11 is 0. The fourth-order valence-electron chi connectivity index (χ4n) is 2.93. The van der Waals surface area contributed by atoms with Crippen LogP contribution < -0.4 is 0 Å². The van der Waals surface area contributed by atoms with E-state index in [9.17, 15) is 15.0 Å². The minimum absolute atomic E-state index is 0.260. The monoisotopic (exact) mass is 266 g/mol. The average molecular weight is 266 g/mol. The number of aliphatic hydroxyl groups excluding tert-OH is 2. The maximum absolute atomic E-state index is 11.7. The first-order chi connectivity index (χ1) is 8.90. The standard InChI is InChI=1S/C15H22O4/c1-8-4-5-11(16)9(2)7-12(17)14-10(3)15(18)19-13(14)6-8/h6,10-14,16-17H,2,4-5,7H2,1,3H3/t10-,11+,12-,13+,14+/m1/s1. The molecule has 1 heterocycles. The number of carbonyl (C=O) groups excluding carboxylic acids is 1. The third-order valence-electron chi connectivity index (χ3n) is 4.23. The number of aliphatic hydroxyl groups is 2. The van der Waals surface area contributed by atoms with Gasteiger partial charge in [0.1, 0.15) is 6.10 Å². The van der Waals surface area contributed by atoms with E-state index in [4.69, 9.17) is 4.74 Å². The molecule has 4 nitrogen and oxygen atoms in total. The van der Waals surface area contributed by atoms with Crippen molar-refractivity contribution in [1.82, 2.24) is 0 Å². The number of hydrogen-bond donors (Lipinski definition) is 2. The molecule has 0 radical (unpaired) electrons. The van der Waals surface area contributed by atoms with Crippen molar-refractivity contribution in [3.63, 3.8) is 0 Å². The molecule has 0 unspecified atom stereocenters. The molecule has 2 N–H and O–H groups in total. The van der Waals surface area contributed by atoms with Gasteiger partial charge in [-0.05, 0) is 37.8 Å². The first-order valence-electron chi connectivity index (χ1n) is 6.81. The minimum atomic E-state index is -0.712. The highest BCUT2D eigenvalue weighted by Crippen LogP contribution is 2.36. The van der Waals surface area contributed by atoms with Crippen LogP contribution in [0.4, 0.5) is 0 Å². The lowest BCUT2D eigenvalue weighted by atomic mass is 9.81. The van der Waals surface area contributed by atoms with E-state index in [0.29, 0.717) is 18.4 Å². The third-order valence-corrected chi connectivity index (χ3v) is 4.23. The minimum Gasteiger partial charge on any atom is -0.457 e. The maximum atomic E-state index is 11.7. The van der Waals surface area contributed by atoms with Crippen molar-refractivity contribution < 1.29 is 19.7 Å². The number of carbonyl (C=O) groups is 1. The van der Waals surface area contributed by atoms with Gasteiger partial charge in [0.2, 0.25) is 0 Å². The second kappa shape index (κ2) is 5.47. The Bertz CT molecular complexity index is 412. The molecule has 0 amide bonds. The molecule has 0 aromatic rings. The van der Waals surface area contributed by atoms with Gasteiger partial charge >= 0.3 is 5.97 Å². The second-order valence-corrected chi connectivity index (χ2v) is 5.76. The van der Waals surface area contributed by atoms with Crippen LogP contribution in [0.3, 0.4) is 0 Å².